The number of nitrogens with zero attached hydrogens (tertiary/aromatic N) is 2. The summed E-state index contributed by atoms with van der Waals surface area (Å²) in [6.07, 6.45) is -0.0142. The number of benzene rings is 2. The van der Waals surface area contributed by atoms with Gasteiger partial charge in [-0.05, 0) is 69.5 Å². The Labute approximate surface area is 236 Å². The van der Waals surface area contributed by atoms with Gasteiger partial charge in [0.2, 0.25) is 0 Å². The molecule has 0 aromatic heterocycles. The highest BCUT2D eigenvalue weighted by molar-refractivity contribution is 5.50. The third-order valence-corrected chi connectivity index (χ3v) is 5.73. The second-order valence-corrected chi connectivity index (χ2v) is 9.50. The summed E-state index contributed by atoms with van der Waals surface area (Å²) in [7, 11) is 0. The first-order valence-corrected chi connectivity index (χ1v) is 14.1. The highest BCUT2D eigenvalue weighted by Crippen LogP contribution is 2.20. The first-order chi connectivity index (χ1) is 18.6. The molecule has 8 nitrogen and oxygen atoms in total. The monoisotopic (exact) mass is 550 g/mol. The molecule has 2 aromatic carbocycles. The average Bonchev–Trinajstić information content (AvgIpc) is 2.94. The van der Waals surface area contributed by atoms with Crippen LogP contribution in [0.15, 0.2) is 48.5 Å². The Balaban J connectivity index is 0.00000344. The maximum absolute atomic E-state index is 9.73. The van der Waals surface area contributed by atoms with Gasteiger partial charge >= 0.3 is 0 Å². The van der Waals surface area contributed by atoms with Crippen molar-refractivity contribution >= 4 is 11.4 Å². The van der Waals surface area contributed by atoms with Crippen molar-refractivity contribution in [3.8, 4) is 0 Å². The number of ether oxygens (including phenoxy) is 2. The maximum atomic E-state index is 9.73. The van der Waals surface area contributed by atoms with Crippen LogP contribution >= 0.6 is 0 Å². The molecule has 0 saturated heterocycles. The molecule has 0 radical (unpaired) electrons. The van der Waals surface area contributed by atoms with Crippen LogP contribution in [0.1, 0.15) is 66.5 Å². The minimum absolute atomic E-state index is 0.114. The molecule has 224 valence electrons. The molecule has 0 spiro atoms. The van der Waals surface area contributed by atoms with Crippen LogP contribution in [0.5, 0.6) is 0 Å². The van der Waals surface area contributed by atoms with Crippen LogP contribution in [0.4, 0.5) is 11.4 Å². The van der Waals surface area contributed by atoms with Crippen LogP contribution in [0.3, 0.4) is 0 Å². The lowest BCUT2D eigenvalue weighted by atomic mass is 10.0. The predicted octanol–water partition coefficient (Wildman–Crippen LogP) is 4.42. The molecule has 0 saturated carbocycles. The Morgan fingerprint density at radius 1 is 0.744 bits per heavy atom. The van der Waals surface area contributed by atoms with Gasteiger partial charge in [0.15, 0.2) is 0 Å². The molecule has 0 fully saturated rings. The van der Waals surface area contributed by atoms with Gasteiger partial charge in [0.1, 0.15) is 13.5 Å². The van der Waals surface area contributed by atoms with Crippen LogP contribution < -0.4 is 9.80 Å². The highest BCUT2D eigenvalue weighted by Gasteiger charge is 2.13. The zero-order valence-corrected chi connectivity index (χ0v) is 25.4. The van der Waals surface area contributed by atoms with Gasteiger partial charge in [0, 0.05) is 24.5 Å². The number of hydrogen-bond donors (Lipinski definition) is 4. The van der Waals surface area contributed by atoms with Crippen molar-refractivity contribution in [2.75, 3.05) is 56.2 Å². The molecule has 4 N–H and O–H groups in total. The van der Waals surface area contributed by atoms with Crippen molar-refractivity contribution in [3.05, 3.63) is 59.7 Å². The fourth-order valence-corrected chi connectivity index (χ4v) is 3.43. The van der Waals surface area contributed by atoms with Gasteiger partial charge in [-0.25, -0.2) is 0 Å². The topological polar surface area (TPSA) is 106 Å². The summed E-state index contributed by atoms with van der Waals surface area (Å²) in [4.78, 5) is 3.64. The van der Waals surface area contributed by atoms with Gasteiger partial charge in [0.05, 0.1) is 37.6 Å². The summed E-state index contributed by atoms with van der Waals surface area (Å²) in [6.45, 7) is 16.8. The quantitative estimate of drug-likeness (QED) is 0.180. The van der Waals surface area contributed by atoms with Gasteiger partial charge < -0.3 is 39.7 Å². The molecule has 0 aliphatic rings. The standard InChI is InChI=1S/C27H42N2O6.2C2H6/c1-21(32)22(2)35-16-14-29(20-31)26-11-7-24(8-12-26)17-23-5-9-25(10-6-23)28(19-30)13-15-34-18-27(3,4)33;2*1-2/h5-12,21-22,30-33H,13-20H2,1-4H3;2*1-2H3. The number of hydrogen-bond acceptors (Lipinski definition) is 8. The van der Waals surface area contributed by atoms with Crippen molar-refractivity contribution in [2.24, 2.45) is 0 Å². The smallest absolute Gasteiger partial charge is 0.115 e. The molecule has 39 heavy (non-hydrogen) atoms. The van der Waals surface area contributed by atoms with Crippen molar-refractivity contribution < 1.29 is 29.9 Å². The molecule has 0 amide bonds. The summed E-state index contributed by atoms with van der Waals surface area (Å²) in [5, 5.41) is 38.7. The molecule has 2 unspecified atom stereocenters. The Kier molecular flexibility index (Phi) is 19.5. The van der Waals surface area contributed by atoms with Crippen LogP contribution in [0.25, 0.3) is 0 Å². The van der Waals surface area contributed by atoms with E-state index in [9.17, 15) is 20.4 Å². The SMILES string of the molecule is CC.CC.CC(O)C(C)OCCN(CO)c1ccc(Cc2ccc(N(CO)CCOCC(C)(C)O)cc2)cc1. The number of aliphatic hydroxyl groups excluding tert-OH is 3. The summed E-state index contributed by atoms with van der Waals surface area (Å²) < 4.78 is 11.1. The Hall–Kier alpha value is -2.20. The first-order valence-electron chi connectivity index (χ1n) is 14.1. The van der Waals surface area contributed by atoms with E-state index in [1.807, 2.05) is 92.9 Å². The normalized spacial score (nSPS) is 12.4. The molecule has 0 bridgehead atoms. The molecule has 2 atom stereocenters. The zero-order chi connectivity index (χ0) is 29.8. The Morgan fingerprint density at radius 3 is 1.51 bits per heavy atom. The summed E-state index contributed by atoms with van der Waals surface area (Å²) in [5.74, 6) is 0. The first kappa shape index (κ1) is 36.8. The lowest BCUT2D eigenvalue weighted by Crippen LogP contribution is -2.31. The van der Waals surface area contributed by atoms with Gasteiger partial charge in [-0.1, -0.05) is 52.0 Å². The average molecular weight is 551 g/mol. The van der Waals surface area contributed by atoms with E-state index in [2.05, 4.69) is 0 Å². The van der Waals surface area contributed by atoms with Gasteiger partial charge in [-0.15, -0.1) is 0 Å². The molecule has 2 rings (SSSR count). The van der Waals surface area contributed by atoms with E-state index >= 15 is 0 Å². The summed E-state index contributed by atoms with van der Waals surface area (Å²) in [5.41, 5.74) is 3.25. The lowest BCUT2D eigenvalue weighted by molar-refractivity contribution is -0.0191. The molecule has 8 heteroatoms. The van der Waals surface area contributed by atoms with Gasteiger partial charge in [0.25, 0.3) is 0 Å². The van der Waals surface area contributed by atoms with E-state index in [-0.39, 0.29) is 26.2 Å². The van der Waals surface area contributed by atoms with Crippen molar-refractivity contribution in [1.29, 1.82) is 0 Å². The second kappa shape index (κ2) is 20.7. The van der Waals surface area contributed by atoms with Crippen LogP contribution in [0, 0.1) is 0 Å². The number of rotatable bonds is 16. The van der Waals surface area contributed by atoms with Gasteiger partial charge in [-0.2, -0.15) is 0 Å². The summed E-state index contributed by atoms with van der Waals surface area (Å²) in [6, 6.07) is 16.1. The minimum Gasteiger partial charge on any atom is -0.391 e. The number of aliphatic hydroxyl groups is 4. The molecular formula is C31H54N2O6. The molecule has 0 aliphatic carbocycles. The highest BCUT2D eigenvalue weighted by atomic mass is 16.5. The van der Waals surface area contributed by atoms with Crippen molar-refractivity contribution in [1.82, 2.24) is 0 Å². The Morgan fingerprint density at radius 2 is 1.15 bits per heavy atom. The van der Waals surface area contributed by atoms with Gasteiger partial charge in [-0.3, -0.25) is 0 Å². The molecular weight excluding hydrogens is 496 g/mol. The molecule has 2 aromatic rings. The Bertz CT molecular complexity index is 838. The van der Waals surface area contributed by atoms with E-state index in [0.29, 0.717) is 26.3 Å². The van der Waals surface area contributed by atoms with Crippen LogP contribution in [-0.2, 0) is 15.9 Å². The number of anilines is 2. The second-order valence-electron chi connectivity index (χ2n) is 9.50. The van der Waals surface area contributed by atoms with E-state index in [1.165, 1.54) is 0 Å². The van der Waals surface area contributed by atoms with E-state index in [1.54, 1.807) is 20.8 Å². The molecule has 0 aliphatic heterocycles. The fourth-order valence-electron chi connectivity index (χ4n) is 3.43. The lowest BCUT2D eigenvalue weighted by Gasteiger charge is -2.24. The van der Waals surface area contributed by atoms with Crippen LogP contribution in [0.2, 0.25) is 0 Å². The van der Waals surface area contributed by atoms with E-state index < -0.39 is 11.7 Å². The van der Waals surface area contributed by atoms with Crippen LogP contribution in [-0.4, -0.2) is 84.6 Å². The fraction of sp³-hybridized carbons (Fsp3) is 0.613. The molecule has 0 heterocycles. The largest absolute Gasteiger partial charge is 0.391 e. The summed E-state index contributed by atoms with van der Waals surface area (Å²) >= 11 is 0. The zero-order valence-electron chi connectivity index (χ0n) is 25.4. The minimum atomic E-state index is -0.869. The van der Waals surface area contributed by atoms with Crippen molar-refractivity contribution in [3.63, 3.8) is 0 Å². The van der Waals surface area contributed by atoms with Crippen molar-refractivity contribution in [2.45, 2.75) is 79.6 Å². The predicted molar refractivity (Wildman–Crippen MR) is 161 cm³/mol. The van der Waals surface area contributed by atoms with E-state index in [4.69, 9.17) is 9.47 Å². The third-order valence-electron chi connectivity index (χ3n) is 5.73. The van der Waals surface area contributed by atoms with E-state index in [0.717, 1.165) is 28.9 Å². The maximum Gasteiger partial charge on any atom is 0.115 e. The third kappa shape index (κ3) is 15.2.